The Labute approximate surface area is 218 Å². The topological polar surface area (TPSA) is 125 Å². The molecular weight excluding hydrogens is 512 g/mol. The van der Waals surface area contributed by atoms with E-state index in [1.54, 1.807) is 49.6 Å². The zero-order valence-electron chi connectivity index (χ0n) is 20.1. The summed E-state index contributed by atoms with van der Waals surface area (Å²) < 4.78 is 35.0. The summed E-state index contributed by atoms with van der Waals surface area (Å²) in [6.45, 7) is 3.17. The van der Waals surface area contributed by atoms with Gasteiger partial charge in [0.25, 0.3) is 5.91 Å². The minimum Gasteiger partial charge on any atom is -0.508 e. The van der Waals surface area contributed by atoms with Gasteiger partial charge in [-0.15, -0.1) is 11.3 Å². The molecule has 1 unspecified atom stereocenters. The molecule has 4 heterocycles. The summed E-state index contributed by atoms with van der Waals surface area (Å²) in [4.78, 5) is 18.8. The number of pyridine rings is 1. The van der Waals surface area contributed by atoms with Crippen molar-refractivity contribution in [3.8, 4) is 5.75 Å². The van der Waals surface area contributed by atoms with Crippen LogP contribution in [0, 0.1) is 13.8 Å². The molecule has 0 aliphatic carbocycles. The molecule has 0 saturated heterocycles. The van der Waals surface area contributed by atoms with Crippen molar-refractivity contribution in [2.45, 2.75) is 37.8 Å². The van der Waals surface area contributed by atoms with Crippen LogP contribution < -0.4 is 4.72 Å². The monoisotopic (exact) mass is 536 g/mol. The van der Waals surface area contributed by atoms with Crippen molar-refractivity contribution in [1.29, 1.82) is 0 Å². The number of rotatable bonds is 7. The van der Waals surface area contributed by atoms with Gasteiger partial charge in [-0.05, 0) is 49.1 Å². The van der Waals surface area contributed by atoms with Gasteiger partial charge < -0.3 is 9.52 Å². The fourth-order valence-electron chi connectivity index (χ4n) is 4.40. The number of hydrogen-bond acceptors (Lipinski definition) is 8. The second-order valence-corrected chi connectivity index (χ2v) is 11.3. The highest BCUT2D eigenvalue weighted by Crippen LogP contribution is 2.37. The molecule has 0 radical (unpaired) electrons. The average molecular weight is 537 g/mol. The number of thiophene rings is 1. The second-order valence-electron chi connectivity index (χ2n) is 8.58. The summed E-state index contributed by atoms with van der Waals surface area (Å²) in [7, 11) is -4.09. The molecule has 37 heavy (non-hydrogen) atoms. The van der Waals surface area contributed by atoms with Crippen molar-refractivity contribution >= 4 is 33.0 Å². The number of benzene rings is 1. The summed E-state index contributed by atoms with van der Waals surface area (Å²) in [5.74, 6) is -0.267. The predicted octanol–water partition coefficient (Wildman–Crippen LogP) is 4.53. The number of hydrazone groups is 1. The van der Waals surface area contributed by atoms with E-state index < -0.39 is 22.0 Å². The second kappa shape index (κ2) is 9.92. The number of aromatic hydroxyl groups is 1. The molecule has 0 fully saturated rings. The first-order valence-electron chi connectivity index (χ1n) is 11.5. The van der Waals surface area contributed by atoms with Gasteiger partial charge in [-0.2, -0.15) is 5.10 Å². The number of hydrogen-bond donors (Lipinski definition) is 2. The first-order valence-corrected chi connectivity index (χ1v) is 13.8. The van der Waals surface area contributed by atoms with Crippen LogP contribution in [0.25, 0.3) is 0 Å². The Balaban J connectivity index is 1.56. The third-order valence-electron chi connectivity index (χ3n) is 6.07. The Morgan fingerprint density at radius 1 is 1.19 bits per heavy atom. The molecule has 5 rings (SSSR count). The number of furan rings is 1. The van der Waals surface area contributed by atoms with E-state index in [1.165, 1.54) is 23.3 Å². The number of phenolic OH excluding ortho intramolecular Hbond substituents is 1. The van der Waals surface area contributed by atoms with E-state index in [4.69, 9.17) is 4.42 Å². The Morgan fingerprint density at radius 3 is 2.73 bits per heavy atom. The van der Waals surface area contributed by atoms with E-state index >= 15 is 0 Å². The first kappa shape index (κ1) is 24.9. The third-order valence-corrected chi connectivity index (χ3v) is 8.50. The van der Waals surface area contributed by atoms with E-state index in [1.807, 2.05) is 23.6 Å². The zero-order valence-corrected chi connectivity index (χ0v) is 21.7. The lowest BCUT2D eigenvalue weighted by atomic mass is 9.98. The third kappa shape index (κ3) is 4.93. The predicted molar refractivity (Wildman–Crippen MR) is 139 cm³/mol. The highest BCUT2D eigenvalue weighted by Gasteiger charge is 2.39. The average Bonchev–Trinajstić information content (AvgIpc) is 3.62. The Hall–Kier alpha value is -3.80. The lowest BCUT2D eigenvalue weighted by molar-refractivity contribution is 0.0705. The first-order chi connectivity index (χ1) is 17.7. The molecule has 0 bridgehead atoms. The van der Waals surface area contributed by atoms with E-state index in [0.717, 1.165) is 10.4 Å². The number of nitrogens with zero attached hydrogens (tertiary/aromatic N) is 3. The Kier molecular flexibility index (Phi) is 6.67. The highest BCUT2D eigenvalue weighted by molar-refractivity contribution is 7.89. The Morgan fingerprint density at radius 2 is 2.03 bits per heavy atom. The number of amides is 1. The fourth-order valence-corrected chi connectivity index (χ4v) is 6.54. The molecule has 1 atom stereocenters. The number of carbonyl (C=O) groups excluding carboxylic acids is 1. The number of nitrogens with one attached hydrogen (secondary N) is 1. The molecule has 0 spiro atoms. The minimum absolute atomic E-state index is 0.0520. The zero-order chi connectivity index (χ0) is 26.2. The molecule has 190 valence electrons. The van der Waals surface area contributed by atoms with E-state index in [2.05, 4.69) is 14.8 Å². The number of aromatic nitrogens is 1. The molecule has 3 aromatic heterocycles. The van der Waals surface area contributed by atoms with Crippen LogP contribution in [0.1, 0.15) is 50.3 Å². The van der Waals surface area contributed by atoms with Gasteiger partial charge in [-0.25, -0.2) is 18.1 Å². The molecule has 1 aliphatic rings. The SMILES string of the molecule is Cc1oc(C)c(S(=O)(=O)NCc2cccs2)c1C(=O)N1N=C(c2cccnc2)CC1c1cccc(O)c1. The largest absolute Gasteiger partial charge is 0.508 e. The smallest absolute Gasteiger partial charge is 0.279 e. The maximum Gasteiger partial charge on any atom is 0.279 e. The number of phenols is 1. The van der Waals surface area contributed by atoms with Crippen molar-refractivity contribution in [2.24, 2.45) is 5.10 Å². The molecule has 4 aromatic rings. The molecule has 2 N–H and O–H groups in total. The van der Waals surface area contributed by atoms with E-state index in [-0.39, 0.29) is 34.3 Å². The highest BCUT2D eigenvalue weighted by atomic mass is 32.2. The van der Waals surface area contributed by atoms with Crippen LogP contribution in [0.3, 0.4) is 0 Å². The van der Waals surface area contributed by atoms with Crippen molar-refractivity contribution in [3.05, 3.63) is 99.4 Å². The minimum atomic E-state index is -4.09. The molecular formula is C26H24N4O5S2. The summed E-state index contributed by atoms with van der Waals surface area (Å²) in [6, 6.07) is 13.3. The van der Waals surface area contributed by atoms with Gasteiger partial charge in [0.2, 0.25) is 10.0 Å². The normalized spacial score (nSPS) is 15.7. The Bertz CT molecular complexity index is 1580. The van der Waals surface area contributed by atoms with E-state index in [0.29, 0.717) is 17.7 Å². The van der Waals surface area contributed by atoms with Crippen molar-refractivity contribution in [1.82, 2.24) is 14.7 Å². The summed E-state index contributed by atoms with van der Waals surface area (Å²) >= 11 is 1.43. The van der Waals surface area contributed by atoms with Gasteiger partial charge in [-0.1, -0.05) is 24.3 Å². The lowest BCUT2D eigenvalue weighted by Gasteiger charge is -2.22. The van der Waals surface area contributed by atoms with Gasteiger partial charge in [0.05, 0.1) is 11.8 Å². The van der Waals surface area contributed by atoms with Gasteiger partial charge in [0, 0.05) is 35.8 Å². The number of sulfonamides is 1. The summed E-state index contributed by atoms with van der Waals surface area (Å²) in [5.41, 5.74) is 1.95. The van der Waals surface area contributed by atoms with E-state index in [9.17, 15) is 18.3 Å². The van der Waals surface area contributed by atoms with Crippen LogP contribution in [0.5, 0.6) is 5.75 Å². The van der Waals surface area contributed by atoms with Crippen molar-refractivity contribution in [2.75, 3.05) is 0 Å². The van der Waals surface area contributed by atoms with Gasteiger partial charge in [0.15, 0.2) is 0 Å². The lowest BCUT2D eigenvalue weighted by Crippen LogP contribution is -2.30. The fraction of sp³-hybridized carbons (Fsp3) is 0.192. The van der Waals surface area contributed by atoms with Crippen LogP contribution in [0.15, 0.2) is 80.7 Å². The van der Waals surface area contributed by atoms with Crippen LogP contribution in [0.4, 0.5) is 0 Å². The molecule has 1 amide bonds. The molecule has 11 heteroatoms. The van der Waals surface area contributed by atoms with Crippen molar-refractivity contribution < 1.29 is 22.7 Å². The number of carbonyl (C=O) groups is 1. The number of aryl methyl sites for hydroxylation is 2. The van der Waals surface area contributed by atoms with Gasteiger partial charge in [0.1, 0.15) is 27.7 Å². The van der Waals surface area contributed by atoms with Crippen LogP contribution in [0.2, 0.25) is 0 Å². The quantitative estimate of drug-likeness (QED) is 0.358. The molecule has 0 saturated carbocycles. The van der Waals surface area contributed by atoms with Crippen LogP contribution >= 0.6 is 11.3 Å². The van der Waals surface area contributed by atoms with Gasteiger partial charge in [-0.3, -0.25) is 9.78 Å². The standard InChI is InChI=1S/C26H24N4O5S2/c1-16-24(25(17(2)35-16)37(33,34)28-15-21-9-5-11-36-21)26(32)30-23(18-6-3-8-20(31)12-18)13-22(29-30)19-7-4-10-27-14-19/h3-12,14,23,28,31H,13,15H2,1-2H3. The maximum atomic E-state index is 14.0. The van der Waals surface area contributed by atoms with Crippen molar-refractivity contribution in [3.63, 3.8) is 0 Å². The van der Waals surface area contributed by atoms with Gasteiger partial charge >= 0.3 is 0 Å². The van der Waals surface area contributed by atoms with Crippen LogP contribution in [-0.4, -0.2) is 35.1 Å². The maximum absolute atomic E-state index is 14.0. The van der Waals surface area contributed by atoms with Crippen LogP contribution in [-0.2, 0) is 16.6 Å². The molecule has 9 nitrogen and oxygen atoms in total. The molecule has 1 aromatic carbocycles. The molecule has 1 aliphatic heterocycles. The summed E-state index contributed by atoms with van der Waals surface area (Å²) in [6.07, 6.45) is 3.66. The summed E-state index contributed by atoms with van der Waals surface area (Å²) in [5, 5.41) is 17.8.